The van der Waals surface area contributed by atoms with Crippen molar-refractivity contribution in [3.8, 4) is 0 Å². The predicted molar refractivity (Wildman–Crippen MR) is 106 cm³/mol. The van der Waals surface area contributed by atoms with Gasteiger partial charge in [-0.05, 0) is 60.6 Å². The summed E-state index contributed by atoms with van der Waals surface area (Å²) in [7, 11) is 0. The lowest BCUT2D eigenvalue weighted by molar-refractivity contribution is -0.134. The fourth-order valence-electron chi connectivity index (χ4n) is 4.66. The molecule has 2 aromatic rings. The van der Waals surface area contributed by atoms with E-state index < -0.39 is 0 Å². The van der Waals surface area contributed by atoms with Gasteiger partial charge in [0.25, 0.3) is 0 Å². The van der Waals surface area contributed by atoms with Crippen LogP contribution >= 0.6 is 0 Å². The molecule has 27 heavy (non-hydrogen) atoms. The number of hydrogen-bond acceptors (Lipinski definition) is 1. The van der Waals surface area contributed by atoms with E-state index in [1.54, 1.807) is 12.1 Å². The minimum Gasteiger partial charge on any atom is -0.330 e. The van der Waals surface area contributed by atoms with Gasteiger partial charge in [0.05, 0.1) is 6.04 Å². The zero-order valence-electron chi connectivity index (χ0n) is 16.2. The lowest BCUT2D eigenvalue weighted by atomic mass is 9.75. The molecule has 0 unspecified atom stereocenters. The van der Waals surface area contributed by atoms with Gasteiger partial charge in [0, 0.05) is 18.4 Å². The molecule has 0 radical (unpaired) electrons. The Morgan fingerprint density at radius 3 is 2.52 bits per heavy atom. The Bertz CT molecular complexity index is 886. The minimum atomic E-state index is -0.248. The molecule has 1 aliphatic heterocycles. The van der Waals surface area contributed by atoms with Gasteiger partial charge in [0.1, 0.15) is 5.82 Å². The molecule has 1 amide bonds. The number of amides is 1. The molecule has 0 N–H and O–H groups in total. The second-order valence-corrected chi connectivity index (χ2v) is 8.13. The smallest absolute Gasteiger partial charge is 0.227 e. The Labute approximate surface area is 160 Å². The number of nitrogens with zero attached hydrogens (tertiary/aromatic N) is 1. The van der Waals surface area contributed by atoms with Gasteiger partial charge in [0.2, 0.25) is 5.91 Å². The zero-order chi connectivity index (χ0) is 19.1. The Hall–Kier alpha value is -2.42. The Kier molecular flexibility index (Phi) is 4.63. The van der Waals surface area contributed by atoms with Crippen molar-refractivity contribution in [2.45, 2.75) is 39.8 Å². The molecular formula is C24H26FNO. The molecule has 0 aromatic heterocycles. The number of halogens is 1. The van der Waals surface area contributed by atoms with Crippen molar-refractivity contribution in [2.75, 3.05) is 0 Å². The van der Waals surface area contributed by atoms with Gasteiger partial charge in [0.15, 0.2) is 0 Å². The lowest BCUT2D eigenvalue weighted by Crippen LogP contribution is -2.30. The van der Waals surface area contributed by atoms with Crippen molar-refractivity contribution in [1.29, 1.82) is 0 Å². The van der Waals surface area contributed by atoms with E-state index in [4.69, 9.17) is 0 Å². The molecule has 1 heterocycles. The summed E-state index contributed by atoms with van der Waals surface area (Å²) >= 11 is 0. The highest BCUT2D eigenvalue weighted by molar-refractivity contribution is 5.83. The quantitative estimate of drug-likeness (QED) is 0.673. The van der Waals surface area contributed by atoms with E-state index in [2.05, 4.69) is 51.1 Å². The van der Waals surface area contributed by atoms with Crippen LogP contribution in [0.25, 0.3) is 0 Å². The van der Waals surface area contributed by atoms with E-state index in [0.717, 1.165) is 12.0 Å². The summed E-state index contributed by atoms with van der Waals surface area (Å²) in [6.07, 6.45) is 5.43. The highest BCUT2D eigenvalue weighted by atomic mass is 19.1. The number of carbonyl (C=O) groups is 1. The number of rotatable bonds is 3. The van der Waals surface area contributed by atoms with Crippen molar-refractivity contribution in [1.82, 2.24) is 4.90 Å². The number of hydrogen-bond donors (Lipinski definition) is 0. The second-order valence-electron chi connectivity index (χ2n) is 8.13. The first-order valence-corrected chi connectivity index (χ1v) is 9.74. The molecule has 2 aliphatic rings. The van der Waals surface area contributed by atoms with Gasteiger partial charge in [-0.1, -0.05) is 49.4 Å². The van der Waals surface area contributed by atoms with Crippen LogP contribution in [0, 0.1) is 37.4 Å². The summed E-state index contributed by atoms with van der Waals surface area (Å²) in [4.78, 5) is 15.4. The van der Waals surface area contributed by atoms with Gasteiger partial charge in [-0.15, -0.1) is 0 Å². The second kappa shape index (κ2) is 6.95. The van der Waals surface area contributed by atoms with Crippen LogP contribution in [-0.2, 0) is 11.3 Å². The molecule has 2 nitrogen and oxygen atoms in total. The molecule has 3 heteroatoms. The third kappa shape index (κ3) is 3.20. The number of benzene rings is 2. The van der Waals surface area contributed by atoms with Crippen LogP contribution in [-0.4, -0.2) is 10.8 Å². The first-order valence-electron chi connectivity index (χ1n) is 9.74. The maximum absolute atomic E-state index is 13.4. The summed E-state index contributed by atoms with van der Waals surface area (Å²) in [5.74, 6) is 0.553. The topological polar surface area (TPSA) is 20.3 Å². The Morgan fingerprint density at radius 1 is 1.07 bits per heavy atom. The van der Waals surface area contributed by atoms with E-state index in [9.17, 15) is 9.18 Å². The number of aryl methyl sites for hydroxylation is 2. The molecular weight excluding hydrogens is 337 g/mol. The molecule has 0 saturated carbocycles. The van der Waals surface area contributed by atoms with E-state index in [-0.39, 0.29) is 29.6 Å². The fraction of sp³-hybridized carbons (Fsp3) is 0.375. The van der Waals surface area contributed by atoms with Crippen LogP contribution in [0.3, 0.4) is 0 Å². The first-order chi connectivity index (χ1) is 13.0. The predicted octanol–water partition coefficient (Wildman–Crippen LogP) is 5.35. The number of allylic oxidation sites excluding steroid dienone is 1. The van der Waals surface area contributed by atoms with Gasteiger partial charge in [-0.2, -0.15) is 0 Å². The maximum Gasteiger partial charge on any atom is 0.227 e. The average molecular weight is 363 g/mol. The van der Waals surface area contributed by atoms with E-state index >= 15 is 0 Å². The molecule has 0 spiro atoms. The highest BCUT2D eigenvalue weighted by Gasteiger charge is 2.50. The zero-order valence-corrected chi connectivity index (χ0v) is 16.2. The van der Waals surface area contributed by atoms with Gasteiger partial charge < -0.3 is 4.90 Å². The monoisotopic (exact) mass is 363 g/mol. The fourth-order valence-corrected chi connectivity index (χ4v) is 4.66. The van der Waals surface area contributed by atoms with Crippen LogP contribution in [0.4, 0.5) is 4.39 Å². The maximum atomic E-state index is 13.4. The number of fused-ring (bicyclic) bond motifs is 1. The van der Waals surface area contributed by atoms with Crippen LogP contribution in [0.2, 0.25) is 0 Å². The lowest BCUT2D eigenvalue weighted by Gasteiger charge is -2.30. The van der Waals surface area contributed by atoms with E-state index in [1.807, 2.05) is 4.90 Å². The molecule has 1 saturated heterocycles. The number of carbonyl (C=O) groups excluding carboxylic acids is 1. The first kappa shape index (κ1) is 18.0. The number of likely N-dealkylation sites (tertiary alicyclic amines) is 1. The van der Waals surface area contributed by atoms with Crippen molar-refractivity contribution in [3.05, 3.63) is 82.7 Å². The van der Waals surface area contributed by atoms with E-state index in [0.29, 0.717) is 12.5 Å². The van der Waals surface area contributed by atoms with Crippen molar-refractivity contribution in [2.24, 2.45) is 17.8 Å². The molecule has 0 bridgehead atoms. The molecule has 1 aliphatic carbocycles. The van der Waals surface area contributed by atoms with Gasteiger partial charge in [-0.3, -0.25) is 4.79 Å². The SMILES string of the molecule is Cc1ccc([C@H]2[C@H]3C=CC[C@@H](C)[C@@H]3C(=O)N2Cc2ccc(F)cc2)cc1C. The Morgan fingerprint density at radius 2 is 1.81 bits per heavy atom. The highest BCUT2D eigenvalue weighted by Crippen LogP contribution is 2.49. The Balaban J connectivity index is 1.75. The van der Waals surface area contributed by atoms with Crippen LogP contribution in [0.1, 0.15) is 41.6 Å². The molecule has 2 aromatic carbocycles. The summed E-state index contributed by atoms with van der Waals surface area (Å²) in [5.41, 5.74) is 4.67. The average Bonchev–Trinajstić information content (AvgIpc) is 2.93. The summed E-state index contributed by atoms with van der Waals surface area (Å²) in [6, 6.07) is 13.1. The molecule has 1 fully saturated rings. The van der Waals surface area contributed by atoms with Crippen molar-refractivity contribution >= 4 is 5.91 Å². The molecule has 140 valence electrons. The van der Waals surface area contributed by atoms with Crippen LogP contribution in [0.5, 0.6) is 0 Å². The van der Waals surface area contributed by atoms with Crippen molar-refractivity contribution in [3.63, 3.8) is 0 Å². The largest absolute Gasteiger partial charge is 0.330 e. The third-order valence-corrected chi connectivity index (χ3v) is 6.30. The van der Waals surface area contributed by atoms with Crippen LogP contribution < -0.4 is 0 Å². The van der Waals surface area contributed by atoms with E-state index in [1.165, 1.54) is 28.8 Å². The summed E-state index contributed by atoms with van der Waals surface area (Å²) in [6.45, 7) is 6.93. The normalized spacial score (nSPS) is 27.1. The summed E-state index contributed by atoms with van der Waals surface area (Å²) < 4.78 is 13.3. The molecule has 4 atom stereocenters. The van der Waals surface area contributed by atoms with Crippen LogP contribution in [0.15, 0.2) is 54.6 Å². The summed E-state index contributed by atoms with van der Waals surface area (Å²) in [5, 5.41) is 0. The van der Waals surface area contributed by atoms with Crippen molar-refractivity contribution < 1.29 is 9.18 Å². The van der Waals surface area contributed by atoms with Gasteiger partial charge in [-0.25, -0.2) is 4.39 Å². The molecule has 4 rings (SSSR count). The third-order valence-electron chi connectivity index (χ3n) is 6.30. The standard InChI is InChI=1S/C24H26FNO/c1-15-7-10-19(13-17(15)3)23-21-6-4-5-16(2)22(21)24(27)26(23)14-18-8-11-20(25)12-9-18/h4,6-13,16,21-23H,5,14H2,1-3H3/t16-,21+,22+,23+/m1/s1. The minimum absolute atomic E-state index is 0.0297. The van der Waals surface area contributed by atoms with Gasteiger partial charge >= 0.3 is 0 Å².